The van der Waals surface area contributed by atoms with Crippen LogP contribution >= 0.6 is 23.2 Å². The highest BCUT2D eigenvalue weighted by molar-refractivity contribution is 6.36. The third kappa shape index (κ3) is 3.17. The summed E-state index contributed by atoms with van der Waals surface area (Å²) in [6.07, 6.45) is 5.29. The zero-order valence-electron chi connectivity index (χ0n) is 17.0. The van der Waals surface area contributed by atoms with Gasteiger partial charge in [-0.15, -0.1) is 0 Å². The van der Waals surface area contributed by atoms with E-state index in [1.54, 1.807) is 22.8 Å². The van der Waals surface area contributed by atoms with Crippen molar-refractivity contribution >= 4 is 34.1 Å². The highest BCUT2D eigenvalue weighted by Gasteiger charge is 2.22. The minimum atomic E-state index is -0.0922. The fourth-order valence-corrected chi connectivity index (χ4v) is 5.19. The third-order valence-corrected chi connectivity index (χ3v) is 6.84. The Morgan fingerprint density at radius 3 is 2.63 bits per heavy atom. The van der Waals surface area contributed by atoms with Gasteiger partial charge in [0.05, 0.1) is 11.2 Å². The molecular formula is C25H22Cl2N2O. The molecular weight excluding hydrogens is 415 g/mol. The highest BCUT2D eigenvalue weighted by Crippen LogP contribution is 2.34. The average molecular weight is 437 g/mol. The Kier molecular flexibility index (Phi) is 4.76. The zero-order chi connectivity index (χ0) is 21.0. The van der Waals surface area contributed by atoms with Gasteiger partial charge in [-0.25, -0.2) is 0 Å². The molecule has 0 saturated heterocycles. The molecule has 2 aromatic carbocycles. The monoisotopic (exact) mass is 436 g/mol. The molecule has 2 heterocycles. The van der Waals surface area contributed by atoms with Crippen LogP contribution in [-0.2, 0) is 19.9 Å². The molecule has 1 aliphatic carbocycles. The summed E-state index contributed by atoms with van der Waals surface area (Å²) in [5.74, 6) is 0.720. The molecule has 30 heavy (non-hydrogen) atoms. The lowest BCUT2D eigenvalue weighted by Gasteiger charge is -2.19. The summed E-state index contributed by atoms with van der Waals surface area (Å²) in [6.45, 7) is 2.32. The molecule has 0 N–H and O–H groups in total. The molecule has 5 heteroatoms. The van der Waals surface area contributed by atoms with Gasteiger partial charge >= 0.3 is 0 Å². The SMILES string of the molecule is C[C@@H]1CCc2c(c3ccc(-n4ccc(-c5ccc(Cl)cc5Cl)cc4=O)cc3n2C)C1. The van der Waals surface area contributed by atoms with Crippen molar-refractivity contribution in [1.29, 1.82) is 0 Å². The van der Waals surface area contributed by atoms with E-state index >= 15 is 0 Å². The van der Waals surface area contributed by atoms with E-state index in [9.17, 15) is 4.79 Å². The highest BCUT2D eigenvalue weighted by atomic mass is 35.5. The van der Waals surface area contributed by atoms with Crippen molar-refractivity contribution in [3.8, 4) is 16.8 Å². The maximum atomic E-state index is 12.9. The van der Waals surface area contributed by atoms with Crippen molar-refractivity contribution in [2.45, 2.75) is 26.2 Å². The zero-order valence-corrected chi connectivity index (χ0v) is 18.5. The quantitative estimate of drug-likeness (QED) is 0.355. The number of rotatable bonds is 2. The second kappa shape index (κ2) is 7.33. The number of hydrogen-bond acceptors (Lipinski definition) is 1. The van der Waals surface area contributed by atoms with E-state index in [2.05, 4.69) is 30.7 Å². The number of aryl methyl sites for hydroxylation is 1. The Labute approximate surface area is 185 Å². The van der Waals surface area contributed by atoms with E-state index in [1.807, 2.05) is 24.4 Å². The van der Waals surface area contributed by atoms with Crippen molar-refractivity contribution in [2.24, 2.45) is 13.0 Å². The second-order valence-electron chi connectivity index (χ2n) is 8.28. The predicted octanol–water partition coefficient (Wildman–Crippen LogP) is 6.43. The van der Waals surface area contributed by atoms with Crippen LogP contribution in [0.25, 0.3) is 27.7 Å². The molecule has 0 amide bonds. The average Bonchev–Trinajstić information content (AvgIpc) is 2.99. The van der Waals surface area contributed by atoms with Crippen LogP contribution in [0.1, 0.15) is 24.6 Å². The molecule has 0 radical (unpaired) electrons. The molecule has 0 aliphatic heterocycles. The van der Waals surface area contributed by atoms with Gasteiger partial charge in [0.2, 0.25) is 0 Å². The van der Waals surface area contributed by atoms with Crippen LogP contribution in [0.15, 0.2) is 59.5 Å². The van der Waals surface area contributed by atoms with Crippen molar-refractivity contribution in [1.82, 2.24) is 9.13 Å². The first kappa shape index (κ1) is 19.5. The molecule has 1 atom stereocenters. The Morgan fingerprint density at radius 2 is 1.87 bits per heavy atom. The Hall–Kier alpha value is -2.49. The fourth-order valence-electron chi connectivity index (χ4n) is 4.67. The van der Waals surface area contributed by atoms with Crippen LogP contribution in [0.4, 0.5) is 0 Å². The van der Waals surface area contributed by atoms with Crippen LogP contribution in [-0.4, -0.2) is 9.13 Å². The maximum Gasteiger partial charge on any atom is 0.255 e. The van der Waals surface area contributed by atoms with E-state index < -0.39 is 0 Å². The van der Waals surface area contributed by atoms with Crippen LogP contribution in [0.2, 0.25) is 10.0 Å². The van der Waals surface area contributed by atoms with Gasteiger partial charge in [0, 0.05) is 46.0 Å². The van der Waals surface area contributed by atoms with Gasteiger partial charge in [-0.2, -0.15) is 0 Å². The number of benzene rings is 2. The minimum Gasteiger partial charge on any atom is -0.347 e. The van der Waals surface area contributed by atoms with Gasteiger partial charge in [0.15, 0.2) is 0 Å². The number of halogens is 2. The van der Waals surface area contributed by atoms with E-state index in [1.165, 1.54) is 28.6 Å². The van der Waals surface area contributed by atoms with E-state index in [4.69, 9.17) is 23.2 Å². The summed E-state index contributed by atoms with van der Waals surface area (Å²) < 4.78 is 3.98. The standard InChI is InChI=1S/C25H22Cl2N2O/c1-15-3-8-23-21(11-15)20-7-5-18(14-24(20)28(23)2)29-10-9-16(12-25(29)30)19-6-4-17(26)13-22(19)27/h4-7,9-10,12-15H,3,8,11H2,1-2H3/t15-/m1/s1. The molecule has 0 bridgehead atoms. The summed E-state index contributed by atoms with van der Waals surface area (Å²) in [7, 11) is 2.13. The van der Waals surface area contributed by atoms with Crippen LogP contribution in [0.3, 0.4) is 0 Å². The van der Waals surface area contributed by atoms with Gasteiger partial charge in [-0.05, 0) is 66.6 Å². The Balaban J connectivity index is 1.59. The lowest BCUT2D eigenvalue weighted by atomic mass is 9.88. The summed E-state index contributed by atoms with van der Waals surface area (Å²) in [6, 6.07) is 15.2. The molecule has 2 aromatic heterocycles. The van der Waals surface area contributed by atoms with Crippen molar-refractivity contribution in [2.75, 3.05) is 0 Å². The molecule has 4 aromatic rings. The molecule has 5 rings (SSSR count). The summed E-state index contributed by atoms with van der Waals surface area (Å²) in [4.78, 5) is 12.9. The summed E-state index contributed by atoms with van der Waals surface area (Å²) >= 11 is 12.3. The van der Waals surface area contributed by atoms with Crippen molar-refractivity contribution in [3.63, 3.8) is 0 Å². The Bertz CT molecular complexity index is 1350. The van der Waals surface area contributed by atoms with E-state index in [0.717, 1.165) is 35.6 Å². The molecule has 1 aliphatic rings. The van der Waals surface area contributed by atoms with Crippen LogP contribution in [0, 0.1) is 5.92 Å². The van der Waals surface area contributed by atoms with Crippen molar-refractivity contribution < 1.29 is 0 Å². The number of hydrogen-bond donors (Lipinski definition) is 0. The second-order valence-corrected chi connectivity index (χ2v) is 9.13. The smallest absolute Gasteiger partial charge is 0.255 e. The lowest BCUT2D eigenvalue weighted by molar-refractivity contribution is 0.492. The number of nitrogens with zero attached hydrogens (tertiary/aromatic N) is 2. The third-order valence-electron chi connectivity index (χ3n) is 6.29. The minimum absolute atomic E-state index is 0.0922. The fraction of sp³-hybridized carbons (Fsp3) is 0.240. The predicted molar refractivity (Wildman–Crippen MR) is 125 cm³/mol. The first-order valence-electron chi connectivity index (χ1n) is 10.2. The van der Waals surface area contributed by atoms with E-state index in [-0.39, 0.29) is 5.56 Å². The van der Waals surface area contributed by atoms with Gasteiger partial charge < -0.3 is 4.57 Å². The maximum absolute atomic E-state index is 12.9. The summed E-state index contributed by atoms with van der Waals surface area (Å²) in [5, 5.41) is 2.41. The topological polar surface area (TPSA) is 26.9 Å². The molecule has 152 valence electrons. The number of pyridine rings is 1. The van der Waals surface area contributed by atoms with Crippen LogP contribution < -0.4 is 5.56 Å². The molecule has 0 fully saturated rings. The summed E-state index contributed by atoms with van der Waals surface area (Å²) in [5.41, 5.74) is 6.44. The number of aromatic nitrogens is 2. The molecule has 0 unspecified atom stereocenters. The first-order valence-corrected chi connectivity index (χ1v) is 11.0. The van der Waals surface area contributed by atoms with E-state index in [0.29, 0.717) is 10.0 Å². The normalized spacial score (nSPS) is 16.1. The molecule has 0 saturated carbocycles. The van der Waals surface area contributed by atoms with Crippen LogP contribution in [0.5, 0.6) is 0 Å². The lowest BCUT2D eigenvalue weighted by Crippen LogP contribution is -2.16. The largest absolute Gasteiger partial charge is 0.347 e. The molecule has 0 spiro atoms. The van der Waals surface area contributed by atoms with Gasteiger partial charge in [0.1, 0.15) is 0 Å². The van der Waals surface area contributed by atoms with Gasteiger partial charge in [0.25, 0.3) is 5.56 Å². The molecule has 3 nitrogen and oxygen atoms in total. The number of fused-ring (bicyclic) bond motifs is 3. The van der Waals surface area contributed by atoms with Crippen molar-refractivity contribution in [3.05, 3.63) is 86.4 Å². The van der Waals surface area contributed by atoms with Gasteiger partial charge in [-0.1, -0.05) is 42.3 Å². The first-order chi connectivity index (χ1) is 14.4. The van der Waals surface area contributed by atoms with Gasteiger partial charge in [-0.3, -0.25) is 9.36 Å². The Morgan fingerprint density at radius 1 is 1.03 bits per heavy atom.